The summed E-state index contributed by atoms with van der Waals surface area (Å²) in [5, 5.41) is 0. The van der Waals surface area contributed by atoms with Crippen molar-refractivity contribution in [2.24, 2.45) is 5.90 Å². The molecule has 0 saturated carbocycles. The number of halogens is 3. The van der Waals surface area contributed by atoms with Gasteiger partial charge in [-0.05, 0) is 12.1 Å². The number of nitrogens with two attached hydrogens (primary N) is 1. The summed E-state index contributed by atoms with van der Waals surface area (Å²) < 4.78 is 26.1. The number of rotatable bonds is 2. The zero-order valence-corrected chi connectivity index (χ0v) is 7.57. The molecule has 0 amide bonds. The van der Waals surface area contributed by atoms with Crippen molar-refractivity contribution in [3.8, 4) is 0 Å². The van der Waals surface area contributed by atoms with Gasteiger partial charge in [0.1, 0.15) is 11.6 Å². The van der Waals surface area contributed by atoms with Gasteiger partial charge in [-0.1, -0.05) is 15.9 Å². The van der Waals surface area contributed by atoms with Gasteiger partial charge in [0, 0.05) is 4.47 Å². The maximum atomic E-state index is 12.9. The van der Waals surface area contributed by atoms with Crippen molar-refractivity contribution in [2.45, 2.75) is 6.61 Å². The highest BCUT2D eigenvalue weighted by molar-refractivity contribution is 9.10. The third-order valence-corrected chi connectivity index (χ3v) is 1.79. The molecule has 0 fully saturated rings. The first-order valence-electron chi connectivity index (χ1n) is 3.10. The van der Waals surface area contributed by atoms with Crippen LogP contribution in [0.15, 0.2) is 16.6 Å². The lowest BCUT2D eigenvalue weighted by Gasteiger charge is -2.03. The van der Waals surface area contributed by atoms with E-state index in [-0.39, 0.29) is 12.2 Å². The van der Waals surface area contributed by atoms with Crippen LogP contribution in [-0.4, -0.2) is 0 Å². The van der Waals surface area contributed by atoms with E-state index in [4.69, 9.17) is 5.90 Å². The SMILES string of the molecule is NOCc1c(F)cc(Br)cc1F. The number of benzene rings is 1. The van der Waals surface area contributed by atoms with Gasteiger partial charge in [-0.15, -0.1) is 0 Å². The summed E-state index contributed by atoms with van der Waals surface area (Å²) >= 11 is 2.95. The van der Waals surface area contributed by atoms with Crippen LogP contribution in [0.4, 0.5) is 8.78 Å². The predicted molar refractivity (Wildman–Crippen MR) is 43.0 cm³/mol. The predicted octanol–water partition coefficient (Wildman–Crippen LogP) is 2.12. The van der Waals surface area contributed by atoms with E-state index in [1.165, 1.54) is 0 Å². The molecule has 12 heavy (non-hydrogen) atoms. The van der Waals surface area contributed by atoms with E-state index in [9.17, 15) is 8.78 Å². The summed E-state index contributed by atoms with van der Waals surface area (Å²) in [5.41, 5.74) is -0.166. The van der Waals surface area contributed by atoms with Crippen LogP contribution in [-0.2, 0) is 11.4 Å². The van der Waals surface area contributed by atoms with Crippen LogP contribution in [0.3, 0.4) is 0 Å². The highest BCUT2D eigenvalue weighted by Gasteiger charge is 2.09. The Hall–Kier alpha value is -0.520. The molecule has 0 spiro atoms. The third kappa shape index (κ3) is 2.00. The first kappa shape index (κ1) is 9.57. The van der Waals surface area contributed by atoms with Crippen molar-refractivity contribution in [3.63, 3.8) is 0 Å². The van der Waals surface area contributed by atoms with Crippen molar-refractivity contribution >= 4 is 15.9 Å². The fourth-order valence-electron chi connectivity index (χ4n) is 0.793. The van der Waals surface area contributed by atoms with Gasteiger partial charge in [-0.2, -0.15) is 0 Å². The molecule has 0 aliphatic carbocycles. The van der Waals surface area contributed by atoms with E-state index < -0.39 is 11.6 Å². The largest absolute Gasteiger partial charge is 0.300 e. The van der Waals surface area contributed by atoms with Crippen molar-refractivity contribution in [1.29, 1.82) is 0 Å². The molecule has 2 N–H and O–H groups in total. The molecule has 0 aliphatic heterocycles. The van der Waals surface area contributed by atoms with E-state index in [1.807, 2.05) is 0 Å². The average Bonchev–Trinajstić information content (AvgIpc) is 1.96. The minimum Gasteiger partial charge on any atom is -0.300 e. The number of hydrogen-bond acceptors (Lipinski definition) is 2. The molecule has 2 nitrogen and oxygen atoms in total. The minimum absolute atomic E-state index is 0.166. The molecule has 0 saturated heterocycles. The molecule has 0 unspecified atom stereocenters. The fourth-order valence-corrected chi connectivity index (χ4v) is 1.20. The number of hydrogen-bond donors (Lipinski definition) is 1. The van der Waals surface area contributed by atoms with Crippen LogP contribution >= 0.6 is 15.9 Å². The maximum Gasteiger partial charge on any atom is 0.132 e. The normalized spacial score (nSPS) is 10.3. The van der Waals surface area contributed by atoms with Gasteiger partial charge in [0.25, 0.3) is 0 Å². The molecule has 66 valence electrons. The maximum absolute atomic E-state index is 12.9. The lowest BCUT2D eigenvalue weighted by atomic mass is 10.2. The van der Waals surface area contributed by atoms with Crippen LogP contribution in [0.2, 0.25) is 0 Å². The molecular weight excluding hydrogens is 232 g/mol. The summed E-state index contributed by atoms with van der Waals surface area (Å²) in [4.78, 5) is 4.13. The van der Waals surface area contributed by atoms with Gasteiger partial charge < -0.3 is 0 Å². The summed E-state index contributed by atoms with van der Waals surface area (Å²) in [6.45, 7) is -0.273. The van der Waals surface area contributed by atoms with Crippen LogP contribution in [0.1, 0.15) is 5.56 Å². The molecule has 0 radical (unpaired) electrons. The van der Waals surface area contributed by atoms with E-state index in [0.717, 1.165) is 12.1 Å². The van der Waals surface area contributed by atoms with Gasteiger partial charge in [0.05, 0.1) is 12.2 Å². The van der Waals surface area contributed by atoms with Crippen LogP contribution < -0.4 is 5.90 Å². The quantitative estimate of drug-likeness (QED) is 0.801. The Bertz CT molecular complexity index is 270. The zero-order valence-electron chi connectivity index (χ0n) is 5.98. The van der Waals surface area contributed by atoms with Gasteiger partial charge >= 0.3 is 0 Å². The first-order chi connectivity index (χ1) is 5.65. The Morgan fingerprint density at radius 3 is 2.25 bits per heavy atom. The van der Waals surface area contributed by atoms with E-state index in [2.05, 4.69) is 20.8 Å². The second-order valence-electron chi connectivity index (χ2n) is 2.16. The van der Waals surface area contributed by atoms with E-state index in [1.54, 1.807) is 0 Å². The lowest BCUT2D eigenvalue weighted by Crippen LogP contribution is -2.03. The Morgan fingerprint density at radius 2 is 1.83 bits per heavy atom. The second-order valence-corrected chi connectivity index (χ2v) is 3.07. The summed E-state index contributed by atoms with van der Waals surface area (Å²) in [5.74, 6) is 3.34. The van der Waals surface area contributed by atoms with Gasteiger partial charge in [-0.3, -0.25) is 4.84 Å². The Kier molecular flexibility index (Phi) is 3.13. The summed E-state index contributed by atoms with van der Waals surface area (Å²) in [6, 6.07) is 2.30. The Balaban J connectivity index is 3.10. The monoisotopic (exact) mass is 237 g/mol. The molecule has 5 heteroatoms. The average molecular weight is 238 g/mol. The highest BCUT2D eigenvalue weighted by Crippen LogP contribution is 2.19. The van der Waals surface area contributed by atoms with Crippen molar-refractivity contribution in [3.05, 3.63) is 33.8 Å². The van der Waals surface area contributed by atoms with Crippen LogP contribution in [0.5, 0.6) is 0 Å². The molecule has 0 aliphatic rings. The fraction of sp³-hybridized carbons (Fsp3) is 0.143. The molecule has 1 aromatic carbocycles. The third-order valence-electron chi connectivity index (χ3n) is 1.33. The van der Waals surface area contributed by atoms with Crippen LogP contribution in [0.25, 0.3) is 0 Å². The Morgan fingerprint density at radius 1 is 1.33 bits per heavy atom. The molecule has 0 bridgehead atoms. The van der Waals surface area contributed by atoms with Gasteiger partial charge in [0.15, 0.2) is 0 Å². The molecule has 0 aromatic heterocycles. The van der Waals surface area contributed by atoms with Gasteiger partial charge in [-0.25, -0.2) is 14.7 Å². The Labute approximate surface area is 76.4 Å². The van der Waals surface area contributed by atoms with Crippen molar-refractivity contribution < 1.29 is 13.6 Å². The molecule has 1 aromatic rings. The molecular formula is C7H6BrF2NO. The second kappa shape index (κ2) is 3.93. The van der Waals surface area contributed by atoms with E-state index in [0.29, 0.717) is 4.47 Å². The molecule has 0 heterocycles. The minimum atomic E-state index is -0.674. The smallest absolute Gasteiger partial charge is 0.132 e. The van der Waals surface area contributed by atoms with Crippen molar-refractivity contribution in [1.82, 2.24) is 0 Å². The summed E-state index contributed by atoms with van der Waals surface area (Å²) in [7, 11) is 0. The lowest BCUT2D eigenvalue weighted by molar-refractivity contribution is 0.118. The zero-order chi connectivity index (χ0) is 9.14. The molecule has 0 atom stereocenters. The van der Waals surface area contributed by atoms with Crippen LogP contribution in [0, 0.1) is 11.6 Å². The molecule has 1 rings (SSSR count). The highest BCUT2D eigenvalue weighted by atomic mass is 79.9. The first-order valence-corrected chi connectivity index (χ1v) is 3.89. The standard InChI is InChI=1S/C7H6BrF2NO/c8-4-1-6(9)5(3-12-11)7(10)2-4/h1-2H,3,11H2. The topological polar surface area (TPSA) is 35.2 Å². The summed E-state index contributed by atoms with van der Waals surface area (Å²) in [6.07, 6.45) is 0. The van der Waals surface area contributed by atoms with Gasteiger partial charge in [0.2, 0.25) is 0 Å². The van der Waals surface area contributed by atoms with Crippen molar-refractivity contribution in [2.75, 3.05) is 0 Å². The van der Waals surface area contributed by atoms with E-state index >= 15 is 0 Å².